The molecule has 1 aliphatic rings. The molecule has 1 fully saturated rings. The molecular weight excluding hydrogens is 226 g/mol. The lowest BCUT2D eigenvalue weighted by Crippen LogP contribution is -2.41. The van der Waals surface area contributed by atoms with Gasteiger partial charge >= 0.3 is 0 Å². The van der Waals surface area contributed by atoms with Crippen LogP contribution in [0.3, 0.4) is 0 Å². The lowest BCUT2D eigenvalue weighted by molar-refractivity contribution is 0.174. The zero-order valence-corrected chi connectivity index (χ0v) is 13.0. The highest BCUT2D eigenvalue weighted by Gasteiger charge is 2.34. The Morgan fingerprint density at radius 3 is 2.47 bits per heavy atom. The fourth-order valence-electron chi connectivity index (χ4n) is 2.72. The Kier molecular flexibility index (Phi) is 6.36. The SMILES string of the molecule is CCCCCSC1CC(C(C)(C)C)CCC1N. The quantitative estimate of drug-likeness (QED) is 0.736. The van der Waals surface area contributed by atoms with Crippen molar-refractivity contribution in [3.05, 3.63) is 0 Å². The Balaban J connectivity index is 2.36. The molecule has 0 radical (unpaired) electrons. The molecule has 17 heavy (non-hydrogen) atoms. The maximum absolute atomic E-state index is 6.28. The van der Waals surface area contributed by atoms with Crippen molar-refractivity contribution in [2.24, 2.45) is 17.1 Å². The molecule has 2 N–H and O–H groups in total. The summed E-state index contributed by atoms with van der Waals surface area (Å²) < 4.78 is 0. The molecule has 0 aromatic carbocycles. The standard InChI is InChI=1S/C15H31NS/c1-5-6-7-10-17-14-11-12(15(2,3)4)8-9-13(14)16/h12-14H,5-11,16H2,1-4H3. The number of hydrogen-bond acceptors (Lipinski definition) is 2. The van der Waals surface area contributed by atoms with Crippen molar-refractivity contribution in [1.82, 2.24) is 0 Å². The van der Waals surface area contributed by atoms with Crippen molar-refractivity contribution in [3.8, 4) is 0 Å². The van der Waals surface area contributed by atoms with E-state index in [2.05, 4.69) is 39.5 Å². The van der Waals surface area contributed by atoms with Gasteiger partial charge in [0.1, 0.15) is 0 Å². The number of hydrogen-bond donors (Lipinski definition) is 1. The van der Waals surface area contributed by atoms with Crippen molar-refractivity contribution in [2.75, 3.05) is 5.75 Å². The van der Waals surface area contributed by atoms with E-state index in [0.717, 1.165) is 5.92 Å². The fourth-order valence-corrected chi connectivity index (χ4v) is 4.14. The van der Waals surface area contributed by atoms with E-state index in [-0.39, 0.29) is 0 Å². The Labute approximate surface area is 112 Å². The van der Waals surface area contributed by atoms with Crippen molar-refractivity contribution < 1.29 is 0 Å². The molecule has 0 aromatic rings. The van der Waals surface area contributed by atoms with Crippen LogP contribution < -0.4 is 5.73 Å². The average molecular weight is 257 g/mol. The first-order valence-electron chi connectivity index (χ1n) is 7.32. The number of nitrogens with two attached hydrogens (primary N) is 1. The van der Waals surface area contributed by atoms with Gasteiger partial charge in [-0.1, -0.05) is 40.5 Å². The van der Waals surface area contributed by atoms with E-state index < -0.39 is 0 Å². The van der Waals surface area contributed by atoms with E-state index in [1.165, 1.54) is 44.3 Å². The van der Waals surface area contributed by atoms with Gasteiger partial charge in [-0.25, -0.2) is 0 Å². The maximum atomic E-state index is 6.28. The Hall–Kier alpha value is 0.310. The summed E-state index contributed by atoms with van der Waals surface area (Å²) in [6, 6.07) is 0.445. The van der Waals surface area contributed by atoms with Gasteiger partial charge < -0.3 is 5.73 Å². The van der Waals surface area contributed by atoms with Gasteiger partial charge in [-0.3, -0.25) is 0 Å². The Morgan fingerprint density at radius 2 is 1.88 bits per heavy atom. The van der Waals surface area contributed by atoms with Gasteiger partial charge in [0, 0.05) is 11.3 Å². The van der Waals surface area contributed by atoms with Gasteiger partial charge in [0.25, 0.3) is 0 Å². The van der Waals surface area contributed by atoms with Gasteiger partial charge in [-0.2, -0.15) is 11.8 Å². The highest BCUT2D eigenvalue weighted by molar-refractivity contribution is 7.99. The summed E-state index contributed by atoms with van der Waals surface area (Å²) in [6.45, 7) is 9.42. The van der Waals surface area contributed by atoms with Crippen LogP contribution in [0.2, 0.25) is 0 Å². The zero-order chi connectivity index (χ0) is 12.9. The van der Waals surface area contributed by atoms with E-state index in [9.17, 15) is 0 Å². The van der Waals surface area contributed by atoms with E-state index in [1.54, 1.807) is 0 Å². The lowest BCUT2D eigenvalue weighted by Gasteiger charge is -2.40. The van der Waals surface area contributed by atoms with Gasteiger partial charge in [0.15, 0.2) is 0 Å². The van der Waals surface area contributed by atoms with Crippen LogP contribution >= 0.6 is 11.8 Å². The second-order valence-corrected chi connectivity index (χ2v) is 8.00. The Morgan fingerprint density at radius 1 is 1.18 bits per heavy atom. The van der Waals surface area contributed by atoms with Crippen LogP contribution in [0.5, 0.6) is 0 Å². The normalized spacial score (nSPS) is 30.5. The van der Waals surface area contributed by atoms with Crippen molar-refractivity contribution >= 4 is 11.8 Å². The summed E-state index contributed by atoms with van der Waals surface area (Å²) >= 11 is 2.14. The minimum absolute atomic E-state index is 0.445. The summed E-state index contributed by atoms with van der Waals surface area (Å²) in [5, 5.41) is 0.713. The molecule has 3 unspecified atom stereocenters. The van der Waals surface area contributed by atoms with Gasteiger partial charge in [0.2, 0.25) is 0 Å². The molecule has 0 amide bonds. The van der Waals surface area contributed by atoms with E-state index in [4.69, 9.17) is 5.73 Å². The van der Waals surface area contributed by atoms with Crippen LogP contribution in [-0.4, -0.2) is 17.0 Å². The number of unbranched alkanes of at least 4 members (excludes halogenated alkanes) is 2. The molecule has 2 heteroatoms. The first kappa shape index (κ1) is 15.4. The molecule has 0 bridgehead atoms. The molecule has 0 heterocycles. The molecule has 3 atom stereocenters. The second kappa shape index (κ2) is 7.04. The first-order chi connectivity index (χ1) is 7.95. The third-order valence-corrected chi connectivity index (χ3v) is 5.64. The molecule has 1 aliphatic carbocycles. The molecule has 0 aromatic heterocycles. The maximum Gasteiger partial charge on any atom is 0.0201 e. The van der Waals surface area contributed by atoms with Crippen LogP contribution in [0.4, 0.5) is 0 Å². The molecule has 0 aliphatic heterocycles. The number of rotatable bonds is 5. The monoisotopic (exact) mass is 257 g/mol. The van der Waals surface area contributed by atoms with Crippen LogP contribution in [-0.2, 0) is 0 Å². The van der Waals surface area contributed by atoms with Crippen molar-refractivity contribution in [3.63, 3.8) is 0 Å². The predicted octanol–water partition coefficient (Wildman–Crippen LogP) is 4.45. The zero-order valence-electron chi connectivity index (χ0n) is 12.2. The average Bonchev–Trinajstić information content (AvgIpc) is 2.25. The third kappa shape index (κ3) is 5.21. The molecule has 102 valence electrons. The lowest BCUT2D eigenvalue weighted by atomic mass is 9.71. The van der Waals surface area contributed by atoms with Crippen LogP contribution in [0.25, 0.3) is 0 Å². The second-order valence-electron chi connectivity index (χ2n) is 6.66. The molecule has 0 spiro atoms. The van der Waals surface area contributed by atoms with Gasteiger partial charge in [-0.05, 0) is 42.8 Å². The first-order valence-corrected chi connectivity index (χ1v) is 8.37. The van der Waals surface area contributed by atoms with E-state index in [1.807, 2.05) is 0 Å². The van der Waals surface area contributed by atoms with Gasteiger partial charge in [-0.15, -0.1) is 0 Å². The van der Waals surface area contributed by atoms with E-state index in [0.29, 0.717) is 16.7 Å². The van der Waals surface area contributed by atoms with Crippen LogP contribution in [0, 0.1) is 11.3 Å². The fraction of sp³-hybridized carbons (Fsp3) is 1.00. The highest BCUT2D eigenvalue weighted by Crippen LogP contribution is 2.41. The van der Waals surface area contributed by atoms with Crippen LogP contribution in [0.15, 0.2) is 0 Å². The van der Waals surface area contributed by atoms with Gasteiger partial charge in [0.05, 0.1) is 0 Å². The number of thioether (sulfide) groups is 1. The van der Waals surface area contributed by atoms with Crippen LogP contribution in [0.1, 0.15) is 66.2 Å². The van der Waals surface area contributed by atoms with Crippen molar-refractivity contribution in [1.29, 1.82) is 0 Å². The summed E-state index contributed by atoms with van der Waals surface area (Å²) in [4.78, 5) is 0. The molecule has 1 nitrogen and oxygen atoms in total. The topological polar surface area (TPSA) is 26.0 Å². The summed E-state index contributed by atoms with van der Waals surface area (Å²) in [7, 11) is 0. The minimum Gasteiger partial charge on any atom is -0.327 e. The predicted molar refractivity (Wildman–Crippen MR) is 80.5 cm³/mol. The molecule has 1 saturated carbocycles. The summed E-state index contributed by atoms with van der Waals surface area (Å²) in [6.07, 6.45) is 7.95. The Bertz CT molecular complexity index is 209. The molecule has 1 rings (SSSR count). The largest absolute Gasteiger partial charge is 0.327 e. The highest BCUT2D eigenvalue weighted by atomic mass is 32.2. The summed E-state index contributed by atoms with van der Waals surface area (Å²) in [5.41, 5.74) is 6.74. The summed E-state index contributed by atoms with van der Waals surface area (Å²) in [5.74, 6) is 2.18. The minimum atomic E-state index is 0.445. The van der Waals surface area contributed by atoms with E-state index >= 15 is 0 Å². The molecule has 0 saturated heterocycles. The third-order valence-electron chi connectivity index (χ3n) is 4.15. The molecular formula is C15H31NS. The smallest absolute Gasteiger partial charge is 0.0201 e. The van der Waals surface area contributed by atoms with Crippen molar-refractivity contribution in [2.45, 2.75) is 77.5 Å².